The fraction of sp³-hybridized carbons (Fsp3) is 0.533. The Labute approximate surface area is 113 Å². The molecule has 0 aromatic heterocycles. The second-order valence-electron chi connectivity index (χ2n) is 5.19. The van der Waals surface area contributed by atoms with E-state index < -0.39 is 0 Å². The third-order valence-electron chi connectivity index (χ3n) is 3.62. The average molecular weight is 265 g/mol. The van der Waals surface area contributed by atoms with Crippen molar-refractivity contribution in [2.24, 2.45) is 5.92 Å². The van der Waals surface area contributed by atoms with Gasteiger partial charge in [0.05, 0.1) is 6.61 Å². The molecule has 1 fully saturated rings. The van der Waals surface area contributed by atoms with Crippen molar-refractivity contribution >= 4 is 5.91 Å². The first-order valence-electron chi connectivity index (χ1n) is 6.62. The molecular weight excluding hydrogens is 245 g/mol. The van der Waals surface area contributed by atoms with Crippen LogP contribution in [0.1, 0.15) is 17.5 Å². The van der Waals surface area contributed by atoms with Gasteiger partial charge in [-0.1, -0.05) is 12.1 Å². The van der Waals surface area contributed by atoms with Crippen LogP contribution < -0.4 is 0 Å². The molecule has 1 aromatic rings. The monoisotopic (exact) mass is 265 g/mol. The van der Waals surface area contributed by atoms with E-state index in [9.17, 15) is 9.18 Å². The minimum absolute atomic E-state index is 0.168. The Morgan fingerprint density at radius 2 is 2.26 bits per heavy atom. The van der Waals surface area contributed by atoms with Gasteiger partial charge in [0.15, 0.2) is 0 Å². The predicted octanol–water partition coefficient (Wildman–Crippen LogP) is 2.17. The van der Waals surface area contributed by atoms with E-state index >= 15 is 0 Å². The van der Waals surface area contributed by atoms with Crippen molar-refractivity contribution in [3.63, 3.8) is 0 Å². The van der Waals surface area contributed by atoms with Crippen LogP contribution in [0.25, 0.3) is 0 Å². The van der Waals surface area contributed by atoms with E-state index in [4.69, 9.17) is 4.74 Å². The maximum atomic E-state index is 13.5. The summed E-state index contributed by atoms with van der Waals surface area (Å²) in [6.07, 6.45) is 1.31. The topological polar surface area (TPSA) is 29.5 Å². The number of amides is 1. The molecule has 1 atom stereocenters. The van der Waals surface area contributed by atoms with E-state index in [1.165, 1.54) is 0 Å². The lowest BCUT2D eigenvalue weighted by atomic mass is 9.98. The first-order valence-corrected chi connectivity index (χ1v) is 6.62. The molecule has 0 aliphatic carbocycles. The highest BCUT2D eigenvalue weighted by atomic mass is 19.1. The molecule has 1 heterocycles. The Bertz CT molecular complexity index is 461. The van der Waals surface area contributed by atoms with Gasteiger partial charge in [0.25, 0.3) is 0 Å². The standard InChI is InChI=1S/C15H20FNO2/c1-11-3-4-12(8-14(11)16)7-13-9-15(18)17(10-13)5-6-19-2/h3-4,8,13H,5-7,9-10H2,1-2H3. The van der Waals surface area contributed by atoms with Crippen LogP contribution >= 0.6 is 0 Å². The van der Waals surface area contributed by atoms with Crippen LogP contribution in [0.4, 0.5) is 4.39 Å². The quantitative estimate of drug-likeness (QED) is 0.816. The van der Waals surface area contributed by atoms with Crippen molar-refractivity contribution in [1.29, 1.82) is 0 Å². The van der Waals surface area contributed by atoms with Gasteiger partial charge in [-0.2, -0.15) is 0 Å². The summed E-state index contributed by atoms with van der Waals surface area (Å²) >= 11 is 0. The highest BCUT2D eigenvalue weighted by molar-refractivity contribution is 5.78. The Balaban J connectivity index is 1.93. The third kappa shape index (κ3) is 3.53. The van der Waals surface area contributed by atoms with Gasteiger partial charge in [0, 0.05) is 26.6 Å². The van der Waals surface area contributed by atoms with Crippen molar-refractivity contribution in [2.45, 2.75) is 19.8 Å². The van der Waals surface area contributed by atoms with E-state index in [2.05, 4.69) is 0 Å². The van der Waals surface area contributed by atoms with Gasteiger partial charge in [0.2, 0.25) is 5.91 Å². The lowest BCUT2D eigenvalue weighted by Crippen LogP contribution is -2.28. The molecule has 1 saturated heterocycles. The highest BCUT2D eigenvalue weighted by Gasteiger charge is 2.29. The van der Waals surface area contributed by atoms with Gasteiger partial charge in [-0.15, -0.1) is 0 Å². The fourth-order valence-electron chi connectivity index (χ4n) is 2.50. The van der Waals surface area contributed by atoms with E-state index in [1.807, 2.05) is 11.0 Å². The van der Waals surface area contributed by atoms with Crippen LogP contribution in [-0.4, -0.2) is 37.6 Å². The number of halogens is 1. The lowest BCUT2D eigenvalue weighted by Gasteiger charge is -2.16. The second-order valence-corrected chi connectivity index (χ2v) is 5.19. The first-order chi connectivity index (χ1) is 9.10. The van der Waals surface area contributed by atoms with Gasteiger partial charge in [-0.25, -0.2) is 4.39 Å². The number of carbonyl (C=O) groups excluding carboxylic acids is 1. The van der Waals surface area contributed by atoms with Crippen molar-refractivity contribution in [3.05, 3.63) is 35.1 Å². The zero-order valence-corrected chi connectivity index (χ0v) is 11.5. The zero-order valence-electron chi connectivity index (χ0n) is 11.5. The average Bonchev–Trinajstić information content (AvgIpc) is 2.72. The SMILES string of the molecule is COCCN1CC(Cc2ccc(C)c(F)c2)CC1=O. The normalized spacial score (nSPS) is 19.2. The molecule has 0 radical (unpaired) electrons. The Hall–Kier alpha value is -1.42. The largest absolute Gasteiger partial charge is 0.383 e. The summed E-state index contributed by atoms with van der Waals surface area (Å²) in [5.74, 6) is 0.291. The fourth-order valence-corrected chi connectivity index (χ4v) is 2.50. The molecule has 0 bridgehead atoms. The Kier molecular flexibility index (Phi) is 4.53. The molecule has 2 rings (SSSR count). The summed E-state index contributed by atoms with van der Waals surface area (Å²) in [5.41, 5.74) is 1.63. The summed E-state index contributed by atoms with van der Waals surface area (Å²) in [6.45, 7) is 3.72. The summed E-state index contributed by atoms with van der Waals surface area (Å²) < 4.78 is 18.5. The van der Waals surface area contributed by atoms with Gasteiger partial charge in [0.1, 0.15) is 5.82 Å². The number of hydrogen-bond donors (Lipinski definition) is 0. The molecular formula is C15H20FNO2. The van der Waals surface area contributed by atoms with Gasteiger partial charge in [-0.05, 0) is 36.5 Å². The van der Waals surface area contributed by atoms with E-state index in [1.54, 1.807) is 26.2 Å². The first kappa shape index (κ1) is 14.0. The molecule has 0 spiro atoms. The summed E-state index contributed by atoms with van der Waals surface area (Å²) in [4.78, 5) is 13.6. The number of methoxy groups -OCH3 is 1. The van der Waals surface area contributed by atoms with Crippen molar-refractivity contribution < 1.29 is 13.9 Å². The molecule has 1 aliphatic heterocycles. The van der Waals surface area contributed by atoms with E-state index in [0.717, 1.165) is 18.5 Å². The van der Waals surface area contributed by atoms with Crippen molar-refractivity contribution in [1.82, 2.24) is 4.90 Å². The van der Waals surface area contributed by atoms with E-state index in [0.29, 0.717) is 25.1 Å². The number of ether oxygens (including phenoxy) is 1. The van der Waals surface area contributed by atoms with Gasteiger partial charge >= 0.3 is 0 Å². The zero-order chi connectivity index (χ0) is 13.8. The molecule has 3 nitrogen and oxygen atoms in total. The van der Waals surface area contributed by atoms with Crippen molar-refractivity contribution in [2.75, 3.05) is 26.8 Å². The molecule has 1 aliphatic rings. The lowest BCUT2D eigenvalue weighted by molar-refractivity contribution is -0.128. The number of hydrogen-bond acceptors (Lipinski definition) is 2. The van der Waals surface area contributed by atoms with Crippen LogP contribution in [0, 0.1) is 18.7 Å². The van der Waals surface area contributed by atoms with Crippen LogP contribution in [0.15, 0.2) is 18.2 Å². The summed E-state index contributed by atoms with van der Waals surface area (Å²) in [6, 6.07) is 5.32. The molecule has 4 heteroatoms. The smallest absolute Gasteiger partial charge is 0.223 e. The third-order valence-corrected chi connectivity index (χ3v) is 3.62. The maximum absolute atomic E-state index is 13.5. The maximum Gasteiger partial charge on any atom is 0.223 e. The minimum atomic E-state index is -0.168. The van der Waals surface area contributed by atoms with Crippen molar-refractivity contribution in [3.8, 4) is 0 Å². The molecule has 1 amide bonds. The van der Waals surface area contributed by atoms with E-state index in [-0.39, 0.29) is 17.6 Å². The van der Waals surface area contributed by atoms with Crippen LogP contribution in [0.3, 0.4) is 0 Å². The number of likely N-dealkylation sites (tertiary alicyclic amines) is 1. The number of aryl methyl sites for hydroxylation is 1. The number of nitrogens with zero attached hydrogens (tertiary/aromatic N) is 1. The van der Waals surface area contributed by atoms with Crippen LogP contribution in [0.5, 0.6) is 0 Å². The van der Waals surface area contributed by atoms with Crippen LogP contribution in [-0.2, 0) is 16.0 Å². The van der Waals surface area contributed by atoms with Gasteiger partial charge in [-0.3, -0.25) is 4.79 Å². The summed E-state index contributed by atoms with van der Waals surface area (Å²) in [5, 5.41) is 0. The predicted molar refractivity (Wildman–Crippen MR) is 71.4 cm³/mol. The summed E-state index contributed by atoms with van der Waals surface area (Å²) in [7, 11) is 1.63. The number of carbonyl (C=O) groups is 1. The van der Waals surface area contributed by atoms with Gasteiger partial charge < -0.3 is 9.64 Å². The molecule has 1 unspecified atom stereocenters. The molecule has 19 heavy (non-hydrogen) atoms. The minimum Gasteiger partial charge on any atom is -0.383 e. The molecule has 1 aromatic carbocycles. The number of benzene rings is 1. The molecule has 0 saturated carbocycles. The Morgan fingerprint density at radius 3 is 2.95 bits per heavy atom. The second kappa shape index (κ2) is 6.15. The molecule has 104 valence electrons. The van der Waals surface area contributed by atoms with Crippen LogP contribution in [0.2, 0.25) is 0 Å². The highest BCUT2D eigenvalue weighted by Crippen LogP contribution is 2.22. The Morgan fingerprint density at radius 1 is 1.47 bits per heavy atom. The molecule has 0 N–H and O–H groups in total. The number of rotatable bonds is 5.